The van der Waals surface area contributed by atoms with E-state index in [-0.39, 0.29) is 35.5 Å². The Balaban J connectivity index is 1.67. The first-order valence-electron chi connectivity index (χ1n) is 10.0. The second-order valence-electron chi connectivity index (χ2n) is 9.33. The van der Waals surface area contributed by atoms with E-state index in [1.165, 1.54) is 0 Å². The predicted molar refractivity (Wildman–Crippen MR) is 105 cm³/mol. The van der Waals surface area contributed by atoms with E-state index < -0.39 is 0 Å². The lowest BCUT2D eigenvalue weighted by molar-refractivity contribution is -0.128. The van der Waals surface area contributed by atoms with Crippen LogP contribution in [0.5, 0.6) is 0 Å². The van der Waals surface area contributed by atoms with Crippen molar-refractivity contribution < 1.29 is 14.3 Å². The van der Waals surface area contributed by atoms with Crippen LogP contribution in [0.25, 0.3) is 0 Å². The Morgan fingerprint density at radius 1 is 1.26 bits per heavy atom. The summed E-state index contributed by atoms with van der Waals surface area (Å²) < 4.78 is 5.99. The molecule has 1 fully saturated rings. The highest BCUT2D eigenvalue weighted by atomic mass is 16.5. The molecule has 0 aromatic heterocycles. The van der Waals surface area contributed by atoms with Crippen LogP contribution in [0, 0.1) is 5.92 Å². The van der Waals surface area contributed by atoms with Gasteiger partial charge in [0.25, 0.3) is 5.91 Å². The van der Waals surface area contributed by atoms with E-state index in [0.717, 1.165) is 37.4 Å². The molecule has 0 radical (unpaired) electrons. The molecule has 1 saturated heterocycles. The molecule has 150 valence electrons. The molecule has 3 heterocycles. The fourth-order valence-corrected chi connectivity index (χ4v) is 4.30. The van der Waals surface area contributed by atoms with Crippen molar-refractivity contribution in [3.05, 3.63) is 23.6 Å². The average Bonchev–Trinajstić information content (AvgIpc) is 3.17. The second-order valence-corrected chi connectivity index (χ2v) is 9.33. The molecule has 3 atom stereocenters. The topological polar surface area (TPSA) is 61.9 Å². The van der Waals surface area contributed by atoms with E-state index in [1.807, 2.05) is 32.6 Å². The molecule has 3 aliphatic heterocycles. The van der Waals surface area contributed by atoms with Crippen molar-refractivity contribution >= 4 is 11.8 Å². The van der Waals surface area contributed by atoms with Crippen LogP contribution in [0.15, 0.2) is 23.6 Å². The van der Waals surface area contributed by atoms with Gasteiger partial charge in [0.1, 0.15) is 11.4 Å². The van der Waals surface area contributed by atoms with Crippen molar-refractivity contribution in [3.8, 4) is 0 Å². The standard InChI is InChI=1S/C21H33N3O3/c1-13(2)9-16-17(10-19(25)22-16)23-8-7-15(12-23)24-14(3)18(11-20(24)26)27-21(4,5)6/h10-11,13-16H,7-9,12H2,1-6H3,(H,22,25)/t14-,15-,16-/m0/s1. The number of rotatable bonds is 5. The van der Waals surface area contributed by atoms with Gasteiger partial charge in [0.2, 0.25) is 5.91 Å². The van der Waals surface area contributed by atoms with Gasteiger partial charge in [0.15, 0.2) is 0 Å². The molecule has 0 aromatic carbocycles. The molecule has 3 aliphatic rings. The van der Waals surface area contributed by atoms with E-state index in [4.69, 9.17) is 4.74 Å². The molecule has 6 heteroatoms. The highest BCUT2D eigenvalue weighted by molar-refractivity contribution is 5.92. The highest BCUT2D eigenvalue weighted by Crippen LogP contribution is 2.32. The third-order valence-corrected chi connectivity index (χ3v) is 5.35. The number of amides is 2. The lowest BCUT2D eigenvalue weighted by Gasteiger charge is -2.33. The smallest absolute Gasteiger partial charge is 0.250 e. The van der Waals surface area contributed by atoms with Crippen LogP contribution in [-0.4, -0.2) is 58.4 Å². The summed E-state index contributed by atoms with van der Waals surface area (Å²) >= 11 is 0. The number of hydrogen-bond acceptors (Lipinski definition) is 4. The van der Waals surface area contributed by atoms with Crippen molar-refractivity contribution in [2.75, 3.05) is 13.1 Å². The van der Waals surface area contributed by atoms with Crippen LogP contribution in [0.1, 0.15) is 54.4 Å². The van der Waals surface area contributed by atoms with E-state index >= 15 is 0 Å². The largest absolute Gasteiger partial charge is 0.490 e. The molecule has 1 N–H and O–H groups in total. The molecule has 0 aromatic rings. The first-order valence-corrected chi connectivity index (χ1v) is 10.0. The molecule has 6 nitrogen and oxygen atoms in total. The summed E-state index contributed by atoms with van der Waals surface area (Å²) in [5.74, 6) is 1.28. The fraction of sp³-hybridized carbons (Fsp3) is 0.714. The summed E-state index contributed by atoms with van der Waals surface area (Å²) in [6.45, 7) is 14.0. The normalized spacial score (nSPS) is 28.8. The first kappa shape index (κ1) is 19.8. The molecular formula is C21H33N3O3. The highest BCUT2D eigenvalue weighted by Gasteiger charge is 2.41. The van der Waals surface area contributed by atoms with Crippen molar-refractivity contribution in [1.29, 1.82) is 0 Å². The monoisotopic (exact) mass is 375 g/mol. The fourth-order valence-electron chi connectivity index (χ4n) is 4.30. The summed E-state index contributed by atoms with van der Waals surface area (Å²) in [6.07, 6.45) is 5.21. The molecule has 0 aliphatic carbocycles. The number of ether oxygens (including phenoxy) is 1. The van der Waals surface area contributed by atoms with Crippen LogP contribution in [-0.2, 0) is 14.3 Å². The molecule has 0 saturated carbocycles. The maximum atomic E-state index is 12.6. The summed E-state index contributed by atoms with van der Waals surface area (Å²) in [4.78, 5) is 28.8. The molecular weight excluding hydrogens is 342 g/mol. The van der Waals surface area contributed by atoms with Gasteiger partial charge < -0.3 is 19.9 Å². The minimum absolute atomic E-state index is 0.00718. The maximum Gasteiger partial charge on any atom is 0.250 e. The third-order valence-electron chi connectivity index (χ3n) is 5.35. The average molecular weight is 376 g/mol. The summed E-state index contributed by atoms with van der Waals surface area (Å²) in [7, 11) is 0. The van der Waals surface area contributed by atoms with Gasteiger partial charge in [0.05, 0.1) is 18.1 Å². The third kappa shape index (κ3) is 4.30. The van der Waals surface area contributed by atoms with Crippen LogP contribution in [0.3, 0.4) is 0 Å². The Kier molecular flexibility index (Phi) is 5.28. The van der Waals surface area contributed by atoms with Crippen LogP contribution in [0.2, 0.25) is 0 Å². The van der Waals surface area contributed by atoms with Crippen LogP contribution >= 0.6 is 0 Å². The zero-order valence-corrected chi connectivity index (χ0v) is 17.4. The summed E-state index contributed by atoms with van der Waals surface area (Å²) in [6, 6.07) is 0.174. The van der Waals surface area contributed by atoms with E-state index in [1.54, 1.807) is 12.2 Å². The zero-order valence-electron chi connectivity index (χ0n) is 17.4. The van der Waals surface area contributed by atoms with E-state index in [2.05, 4.69) is 24.1 Å². The number of likely N-dealkylation sites (tertiary alicyclic amines) is 1. The van der Waals surface area contributed by atoms with Crippen molar-refractivity contribution in [2.45, 2.75) is 78.1 Å². The number of nitrogens with one attached hydrogen (secondary N) is 1. The van der Waals surface area contributed by atoms with Gasteiger partial charge in [-0.05, 0) is 46.5 Å². The Morgan fingerprint density at radius 3 is 2.59 bits per heavy atom. The van der Waals surface area contributed by atoms with Crippen LogP contribution < -0.4 is 5.32 Å². The quantitative estimate of drug-likeness (QED) is 0.802. The molecule has 0 bridgehead atoms. The summed E-state index contributed by atoms with van der Waals surface area (Å²) in [5.41, 5.74) is 0.762. The van der Waals surface area contributed by atoms with Crippen molar-refractivity contribution in [2.24, 2.45) is 5.92 Å². The Bertz CT molecular complexity index is 675. The maximum absolute atomic E-state index is 12.6. The molecule has 0 spiro atoms. The van der Waals surface area contributed by atoms with Gasteiger partial charge in [0, 0.05) is 30.9 Å². The van der Waals surface area contributed by atoms with Crippen molar-refractivity contribution in [3.63, 3.8) is 0 Å². The van der Waals surface area contributed by atoms with Crippen molar-refractivity contribution in [1.82, 2.24) is 15.1 Å². The Hall–Kier alpha value is -1.98. The van der Waals surface area contributed by atoms with Gasteiger partial charge in [-0.15, -0.1) is 0 Å². The van der Waals surface area contributed by atoms with Crippen LogP contribution in [0.4, 0.5) is 0 Å². The first-order chi connectivity index (χ1) is 12.5. The second kappa shape index (κ2) is 7.21. The Labute approximate surface area is 162 Å². The van der Waals surface area contributed by atoms with E-state index in [0.29, 0.717) is 5.92 Å². The summed E-state index contributed by atoms with van der Waals surface area (Å²) in [5, 5.41) is 3.06. The lowest BCUT2D eigenvalue weighted by Crippen LogP contribution is -2.44. The van der Waals surface area contributed by atoms with Gasteiger partial charge >= 0.3 is 0 Å². The lowest BCUT2D eigenvalue weighted by atomic mass is 10.0. The van der Waals surface area contributed by atoms with Gasteiger partial charge in [-0.2, -0.15) is 0 Å². The zero-order chi connectivity index (χ0) is 19.9. The molecule has 3 rings (SSSR count). The minimum atomic E-state index is -0.317. The van der Waals surface area contributed by atoms with Gasteiger partial charge in [-0.3, -0.25) is 9.59 Å². The molecule has 2 amide bonds. The molecule has 0 unspecified atom stereocenters. The number of carbonyl (C=O) groups is 2. The molecule has 27 heavy (non-hydrogen) atoms. The SMILES string of the molecule is CC(C)C[C@@H]1NC(=O)C=C1N1CC[C@H](N2C(=O)C=C(OC(C)(C)C)[C@@H]2C)C1. The van der Waals surface area contributed by atoms with E-state index in [9.17, 15) is 9.59 Å². The number of hydrogen-bond donors (Lipinski definition) is 1. The minimum Gasteiger partial charge on any atom is -0.490 e. The Morgan fingerprint density at radius 2 is 1.96 bits per heavy atom. The predicted octanol–water partition coefficient (Wildman–Crippen LogP) is 2.42. The number of carbonyl (C=O) groups excluding carboxylic acids is 2. The van der Waals surface area contributed by atoms with Gasteiger partial charge in [-0.1, -0.05) is 13.8 Å². The van der Waals surface area contributed by atoms with Gasteiger partial charge in [-0.25, -0.2) is 0 Å². The number of nitrogens with zero attached hydrogens (tertiary/aromatic N) is 2.